The largest absolute Gasteiger partial charge is 0.433 e. The van der Waals surface area contributed by atoms with Crippen molar-refractivity contribution < 1.29 is 22.7 Å². The van der Waals surface area contributed by atoms with E-state index in [1.165, 1.54) is 18.3 Å². The number of nitrogens with zero attached hydrogens (tertiary/aromatic N) is 4. The summed E-state index contributed by atoms with van der Waals surface area (Å²) in [7, 11) is 1.41. The fourth-order valence-electron chi connectivity index (χ4n) is 2.74. The maximum atomic E-state index is 12.9. The second-order valence-electron chi connectivity index (χ2n) is 5.48. The number of rotatable bonds is 4. The molecule has 2 aromatic rings. The van der Waals surface area contributed by atoms with Gasteiger partial charge in [-0.1, -0.05) is 0 Å². The summed E-state index contributed by atoms with van der Waals surface area (Å²) in [5.74, 6) is -0.284. The van der Waals surface area contributed by atoms with Crippen LogP contribution in [0.4, 0.5) is 13.2 Å². The van der Waals surface area contributed by atoms with E-state index in [2.05, 4.69) is 20.2 Å². The standard InChI is InChI=1S/C13H15F3N6O2/c1-22(12(23)9-10(13(14,15)16)18-5-17-9)4-8-7(2-3-24-8)11-19-6-20-21-11/h5-8H,2-4H2,1H3,(H,17,18)(H,19,20,21)/t7-,8-/m1/s1. The lowest BCUT2D eigenvalue weighted by molar-refractivity contribution is -0.141. The van der Waals surface area contributed by atoms with Crippen LogP contribution in [0.1, 0.15) is 34.3 Å². The van der Waals surface area contributed by atoms with Gasteiger partial charge in [0.2, 0.25) is 0 Å². The van der Waals surface area contributed by atoms with Gasteiger partial charge in [-0.05, 0) is 6.42 Å². The Bertz CT molecular complexity index is 699. The molecule has 1 saturated heterocycles. The number of carbonyl (C=O) groups excluding carboxylic acids is 1. The first-order valence-electron chi connectivity index (χ1n) is 7.21. The molecule has 0 bridgehead atoms. The van der Waals surface area contributed by atoms with E-state index in [-0.39, 0.29) is 18.6 Å². The smallest absolute Gasteiger partial charge is 0.376 e. The number of amides is 1. The van der Waals surface area contributed by atoms with Crippen LogP contribution >= 0.6 is 0 Å². The number of halogens is 3. The summed E-state index contributed by atoms with van der Waals surface area (Å²) < 4.78 is 44.2. The van der Waals surface area contributed by atoms with Crippen molar-refractivity contribution in [3.63, 3.8) is 0 Å². The van der Waals surface area contributed by atoms with Gasteiger partial charge in [0.1, 0.15) is 12.2 Å². The summed E-state index contributed by atoms with van der Waals surface area (Å²) >= 11 is 0. The first-order valence-corrected chi connectivity index (χ1v) is 7.21. The number of ether oxygens (including phenoxy) is 1. The molecule has 1 aliphatic heterocycles. The van der Waals surface area contributed by atoms with Gasteiger partial charge >= 0.3 is 6.18 Å². The lowest BCUT2D eigenvalue weighted by Crippen LogP contribution is -2.37. The zero-order valence-corrected chi connectivity index (χ0v) is 12.7. The van der Waals surface area contributed by atoms with Gasteiger partial charge in [-0.25, -0.2) is 9.97 Å². The van der Waals surface area contributed by atoms with E-state index in [0.29, 0.717) is 18.9 Å². The average Bonchev–Trinajstić information content (AvgIpc) is 3.25. The van der Waals surface area contributed by atoms with Crippen LogP contribution < -0.4 is 0 Å². The Morgan fingerprint density at radius 1 is 1.46 bits per heavy atom. The normalized spacial score (nSPS) is 21.2. The van der Waals surface area contributed by atoms with Gasteiger partial charge in [0, 0.05) is 26.1 Å². The molecule has 130 valence electrons. The summed E-state index contributed by atoms with van der Waals surface area (Å²) in [6.07, 6.45) is -2.13. The maximum Gasteiger partial charge on any atom is 0.433 e. The lowest BCUT2D eigenvalue weighted by atomic mass is 10.0. The van der Waals surface area contributed by atoms with Crippen LogP contribution in [0.15, 0.2) is 12.7 Å². The predicted octanol–water partition coefficient (Wildman–Crippen LogP) is 1.19. The van der Waals surface area contributed by atoms with E-state index >= 15 is 0 Å². The van der Waals surface area contributed by atoms with Gasteiger partial charge in [0.15, 0.2) is 11.4 Å². The van der Waals surface area contributed by atoms with E-state index in [4.69, 9.17) is 4.74 Å². The molecule has 3 heterocycles. The van der Waals surface area contributed by atoms with Crippen molar-refractivity contribution in [1.82, 2.24) is 30.0 Å². The number of carbonyl (C=O) groups is 1. The molecule has 8 nitrogen and oxygen atoms in total. The molecular formula is C13H15F3N6O2. The van der Waals surface area contributed by atoms with Crippen molar-refractivity contribution in [2.75, 3.05) is 20.2 Å². The van der Waals surface area contributed by atoms with Crippen molar-refractivity contribution in [3.05, 3.63) is 29.9 Å². The number of nitrogens with one attached hydrogen (secondary N) is 2. The molecule has 0 aliphatic carbocycles. The van der Waals surface area contributed by atoms with E-state index in [9.17, 15) is 18.0 Å². The molecule has 2 aromatic heterocycles. The average molecular weight is 344 g/mol. The lowest BCUT2D eigenvalue weighted by Gasteiger charge is -2.23. The highest BCUT2D eigenvalue weighted by atomic mass is 19.4. The highest BCUT2D eigenvalue weighted by Gasteiger charge is 2.39. The zero-order chi connectivity index (χ0) is 17.3. The summed E-state index contributed by atoms with van der Waals surface area (Å²) in [6, 6.07) is 0. The SMILES string of the molecule is CN(C[C@H]1OCC[C@H]1c1ncn[nH]1)C(=O)c1nc[nH]c1C(F)(F)F. The minimum Gasteiger partial charge on any atom is -0.376 e. The van der Waals surface area contributed by atoms with Crippen molar-refractivity contribution >= 4 is 5.91 Å². The Morgan fingerprint density at radius 2 is 2.25 bits per heavy atom. The molecular weight excluding hydrogens is 329 g/mol. The van der Waals surface area contributed by atoms with E-state index < -0.39 is 23.5 Å². The van der Waals surface area contributed by atoms with Gasteiger partial charge < -0.3 is 14.6 Å². The van der Waals surface area contributed by atoms with Crippen LogP contribution in [0, 0.1) is 0 Å². The van der Waals surface area contributed by atoms with E-state index in [1.807, 2.05) is 4.98 Å². The molecule has 1 aliphatic rings. The van der Waals surface area contributed by atoms with Gasteiger partial charge in [0.25, 0.3) is 5.91 Å². The van der Waals surface area contributed by atoms with Crippen LogP contribution in [0.2, 0.25) is 0 Å². The Hall–Kier alpha value is -2.43. The highest BCUT2D eigenvalue weighted by Crippen LogP contribution is 2.31. The minimum absolute atomic E-state index is 0.0935. The number of H-pyrrole nitrogens is 2. The minimum atomic E-state index is -4.67. The summed E-state index contributed by atoms with van der Waals surface area (Å²) in [5, 5.41) is 6.54. The number of likely N-dealkylation sites (N-methyl/N-ethyl adjacent to an activating group) is 1. The summed E-state index contributed by atoms with van der Waals surface area (Å²) in [4.78, 5) is 23.0. The third-order valence-corrected chi connectivity index (χ3v) is 3.92. The Balaban J connectivity index is 1.72. The predicted molar refractivity (Wildman–Crippen MR) is 74.0 cm³/mol. The zero-order valence-electron chi connectivity index (χ0n) is 12.7. The molecule has 0 spiro atoms. The highest BCUT2D eigenvalue weighted by molar-refractivity contribution is 5.93. The number of imidazole rings is 1. The second-order valence-corrected chi connectivity index (χ2v) is 5.48. The first kappa shape index (κ1) is 16.4. The van der Waals surface area contributed by atoms with Gasteiger partial charge in [0.05, 0.1) is 12.4 Å². The van der Waals surface area contributed by atoms with Crippen LogP contribution in [0.5, 0.6) is 0 Å². The second kappa shape index (κ2) is 6.23. The molecule has 0 unspecified atom stereocenters. The Morgan fingerprint density at radius 3 is 2.92 bits per heavy atom. The molecule has 1 amide bonds. The summed E-state index contributed by atoms with van der Waals surface area (Å²) in [6.45, 7) is 0.600. The van der Waals surface area contributed by atoms with Crippen molar-refractivity contribution in [2.45, 2.75) is 24.6 Å². The molecule has 2 atom stereocenters. The Labute approximate surface area is 134 Å². The number of alkyl halides is 3. The number of aromatic nitrogens is 5. The molecule has 24 heavy (non-hydrogen) atoms. The van der Waals surface area contributed by atoms with Crippen LogP contribution in [-0.2, 0) is 10.9 Å². The molecule has 0 saturated carbocycles. The van der Waals surface area contributed by atoms with Crippen molar-refractivity contribution in [1.29, 1.82) is 0 Å². The first-order chi connectivity index (χ1) is 11.4. The number of aromatic amines is 2. The Kier molecular flexibility index (Phi) is 4.26. The van der Waals surface area contributed by atoms with Crippen molar-refractivity contribution in [3.8, 4) is 0 Å². The maximum absolute atomic E-state index is 12.9. The molecule has 0 radical (unpaired) electrons. The third-order valence-electron chi connectivity index (χ3n) is 3.92. The van der Waals surface area contributed by atoms with Crippen LogP contribution in [0.25, 0.3) is 0 Å². The molecule has 2 N–H and O–H groups in total. The summed E-state index contributed by atoms with van der Waals surface area (Å²) in [5.41, 5.74) is -1.81. The van der Waals surface area contributed by atoms with Crippen LogP contribution in [0.3, 0.4) is 0 Å². The quantitative estimate of drug-likeness (QED) is 0.868. The van der Waals surface area contributed by atoms with Gasteiger partial charge in [-0.2, -0.15) is 18.3 Å². The number of hydrogen-bond acceptors (Lipinski definition) is 5. The van der Waals surface area contributed by atoms with Crippen LogP contribution in [-0.4, -0.2) is 62.3 Å². The van der Waals surface area contributed by atoms with Gasteiger partial charge in [-0.15, -0.1) is 0 Å². The number of hydrogen-bond donors (Lipinski definition) is 2. The van der Waals surface area contributed by atoms with Crippen molar-refractivity contribution in [2.24, 2.45) is 0 Å². The molecule has 1 fully saturated rings. The molecule has 0 aromatic carbocycles. The molecule has 3 rings (SSSR count). The molecule has 11 heteroatoms. The van der Waals surface area contributed by atoms with E-state index in [1.54, 1.807) is 0 Å². The fourth-order valence-corrected chi connectivity index (χ4v) is 2.74. The third kappa shape index (κ3) is 3.11. The van der Waals surface area contributed by atoms with E-state index in [0.717, 1.165) is 6.33 Å². The monoisotopic (exact) mass is 344 g/mol. The fraction of sp³-hybridized carbons (Fsp3) is 0.538. The van der Waals surface area contributed by atoms with Gasteiger partial charge in [-0.3, -0.25) is 9.89 Å². The topological polar surface area (TPSA) is 99.8 Å².